The summed E-state index contributed by atoms with van der Waals surface area (Å²) in [4.78, 5) is 15.2. The Morgan fingerprint density at radius 3 is 1.56 bits per heavy atom. The van der Waals surface area contributed by atoms with Crippen molar-refractivity contribution in [2.24, 2.45) is 0 Å². The summed E-state index contributed by atoms with van der Waals surface area (Å²) in [5.41, 5.74) is 14.6. The zero-order valence-corrected chi connectivity index (χ0v) is 33.5. The van der Waals surface area contributed by atoms with Crippen LogP contribution in [0, 0.1) is 0 Å². The van der Waals surface area contributed by atoms with E-state index >= 15 is 0 Å². The standard InChI is InChI=1S/C57H36N4O/c1-5-16-37(17-6-1)42-29-32-46-45-24-13-14-26-49(45)61(51(46)35-42)50-36-43(28-31-44(50)38-18-7-2-8-19-38)41-30-33-52-48(34-41)54-47(25-15-27-53(54)62-52)57-59-55(39-20-9-3-10-21-39)58-56(60-57)40-22-11-4-12-23-40/h1-36H. The number of benzene rings is 9. The second kappa shape index (κ2) is 14.7. The maximum atomic E-state index is 6.56. The van der Waals surface area contributed by atoms with Gasteiger partial charge in [-0.1, -0.05) is 182 Å². The monoisotopic (exact) mass is 792 g/mol. The Kier molecular flexibility index (Phi) is 8.42. The van der Waals surface area contributed by atoms with Crippen LogP contribution in [-0.4, -0.2) is 19.5 Å². The van der Waals surface area contributed by atoms with Crippen molar-refractivity contribution in [2.75, 3.05) is 0 Å². The van der Waals surface area contributed by atoms with Crippen LogP contribution in [0.2, 0.25) is 0 Å². The third kappa shape index (κ3) is 6.06. The third-order valence-corrected chi connectivity index (χ3v) is 11.9. The van der Waals surface area contributed by atoms with Crippen LogP contribution in [0.3, 0.4) is 0 Å². The topological polar surface area (TPSA) is 56.7 Å². The van der Waals surface area contributed by atoms with E-state index in [1.54, 1.807) is 0 Å². The Hall–Kier alpha value is -8.41. The van der Waals surface area contributed by atoms with Crippen molar-refractivity contribution < 1.29 is 4.42 Å². The molecule has 0 N–H and O–H groups in total. The predicted octanol–water partition coefficient (Wildman–Crippen LogP) is 14.9. The number of para-hydroxylation sites is 1. The largest absolute Gasteiger partial charge is 0.456 e. The van der Waals surface area contributed by atoms with Crippen LogP contribution in [-0.2, 0) is 0 Å². The van der Waals surface area contributed by atoms with Crippen molar-refractivity contribution in [1.82, 2.24) is 19.5 Å². The molecule has 0 aliphatic heterocycles. The number of hydrogen-bond acceptors (Lipinski definition) is 4. The quantitative estimate of drug-likeness (QED) is 0.161. The molecule has 0 amide bonds. The fraction of sp³-hybridized carbons (Fsp3) is 0. The van der Waals surface area contributed by atoms with Crippen molar-refractivity contribution in [2.45, 2.75) is 0 Å². The number of hydrogen-bond donors (Lipinski definition) is 0. The molecule has 62 heavy (non-hydrogen) atoms. The first-order valence-electron chi connectivity index (χ1n) is 20.8. The zero-order valence-electron chi connectivity index (χ0n) is 33.5. The van der Waals surface area contributed by atoms with Gasteiger partial charge in [0.25, 0.3) is 0 Å². The van der Waals surface area contributed by atoms with Gasteiger partial charge in [-0.15, -0.1) is 0 Å². The van der Waals surface area contributed by atoms with E-state index in [1.807, 2.05) is 72.8 Å². The highest BCUT2D eigenvalue weighted by atomic mass is 16.3. The molecule has 0 unspecified atom stereocenters. The van der Waals surface area contributed by atoms with Crippen molar-refractivity contribution in [1.29, 1.82) is 0 Å². The molecule has 3 heterocycles. The molecule has 0 aliphatic rings. The minimum absolute atomic E-state index is 0.590. The molecular weight excluding hydrogens is 757 g/mol. The second-order valence-corrected chi connectivity index (χ2v) is 15.6. The maximum absolute atomic E-state index is 6.56. The number of aromatic nitrogens is 4. The van der Waals surface area contributed by atoms with Gasteiger partial charge in [-0.05, 0) is 64.2 Å². The summed E-state index contributed by atoms with van der Waals surface area (Å²) in [5, 5.41) is 4.39. The molecule has 0 spiro atoms. The van der Waals surface area contributed by atoms with E-state index in [-0.39, 0.29) is 0 Å². The summed E-state index contributed by atoms with van der Waals surface area (Å²) in [6, 6.07) is 76.5. The molecule has 0 saturated heterocycles. The summed E-state index contributed by atoms with van der Waals surface area (Å²) < 4.78 is 9.01. The van der Waals surface area contributed by atoms with Crippen LogP contribution in [0.15, 0.2) is 223 Å². The molecule has 0 radical (unpaired) electrons. The van der Waals surface area contributed by atoms with Crippen LogP contribution in [0.1, 0.15) is 0 Å². The Bertz CT molecular complexity index is 3560. The second-order valence-electron chi connectivity index (χ2n) is 15.6. The predicted molar refractivity (Wildman–Crippen MR) is 254 cm³/mol. The highest BCUT2D eigenvalue weighted by molar-refractivity contribution is 6.13. The number of furan rings is 1. The molecule has 0 aliphatic carbocycles. The van der Waals surface area contributed by atoms with Gasteiger partial charge in [0, 0.05) is 43.8 Å². The number of rotatable bonds is 7. The van der Waals surface area contributed by atoms with Crippen LogP contribution >= 0.6 is 0 Å². The fourth-order valence-corrected chi connectivity index (χ4v) is 8.92. The molecule has 0 saturated carbocycles. The van der Waals surface area contributed by atoms with E-state index in [9.17, 15) is 0 Å². The summed E-state index contributed by atoms with van der Waals surface area (Å²) in [7, 11) is 0. The molecule has 12 rings (SSSR count). The SMILES string of the molecule is c1ccc(-c2ccc3c4ccccc4n(-c4cc(-c5ccc6oc7cccc(-c8nc(-c9ccccc9)nc(-c9ccccc9)n8)c7c6c5)ccc4-c4ccccc4)c3c2)cc1. The average molecular weight is 793 g/mol. The number of nitrogens with zero attached hydrogens (tertiary/aromatic N) is 4. The van der Waals surface area contributed by atoms with Crippen LogP contribution < -0.4 is 0 Å². The normalized spacial score (nSPS) is 11.5. The fourth-order valence-electron chi connectivity index (χ4n) is 8.92. The molecule has 9 aromatic carbocycles. The lowest BCUT2D eigenvalue weighted by Crippen LogP contribution is -2.00. The van der Waals surface area contributed by atoms with E-state index in [0.29, 0.717) is 17.5 Å². The summed E-state index contributed by atoms with van der Waals surface area (Å²) >= 11 is 0. The van der Waals surface area contributed by atoms with Gasteiger partial charge < -0.3 is 8.98 Å². The van der Waals surface area contributed by atoms with Crippen LogP contribution in [0.25, 0.3) is 117 Å². The van der Waals surface area contributed by atoms with Crippen LogP contribution in [0.4, 0.5) is 0 Å². The van der Waals surface area contributed by atoms with Gasteiger partial charge in [0.2, 0.25) is 0 Å². The maximum Gasteiger partial charge on any atom is 0.164 e. The van der Waals surface area contributed by atoms with Crippen LogP contribution in [0.5, 0.6) is 0 Å². The number of fused-ring (bicyclic) bond motifs is 6. The van der Waals surface area contributed by atoms with E-state index in [2.05, 4.69) is 150 Å². The molecular formula is C57H36N4O. The van der Waals surface area contributed by atoms with Gasteiger partial charge in [0.05, 0.1) is 16.7 Å². The molecule has 5 nitrogen and oxygen atoms in total. The molecule has 12 aromatic rings. The zero-order chi connectivity index (χ0) is 41.0. The van der Waals surface area contributed by atoms with Gasteiger partial charge in [-0.2, -0.15) is 0 Å². The van der Waals surface area contributed by atoms with E-state index < -0.39 is 0 Å². The summed E-state index contributed by atoms with van der Waals surface area (Å²) in [6.45, 7) is 0. The van der Waals surface area contributed by atoms with Crippen molar-refractivity contribution >= 4 is 43.7 Å². The lowest BCUT2D eigenvalue weighted by molar-refractivity contribution is 0.669. The highest BCUT2D eigenvalue weighted by Crippen LogP contribution is 2.42. The van der Waals surface area contributed by atoms with Gasteiger partial charge >= 0.3 is 0 Å². The first-order chi connectivity index (χ1) is 30.7. The lowest BCUT2D eigenvalue weighted by atomic mass is 9.96. The average Bonchev–Trinajstić information content (AvgIpc) is 3.90. The Morgan fingerprint density at radius 1 is 0.306 bits per heavy atom. The van der Waals surface area contributed by atoms with Gasteiger partial charge in [0.15, 0.2) is 17.5 Å². The smallest absolute Gasteiger partial charge is 0.164 e. The molecule has 5 heteroatoms. The minimum Gasteiger partial charge on any atom is -0.456 e. The van der Waals surface area contributed by atoms with Gasteiger partial charge in [0.1, 0.15) is 11.2 Å². The Morgan fingerprint density at radius 2 is 0.855 bits per heavy atom. The molecule has 0 bridgehead atoms. The first kappa shape index (κ1) is 35.5. The van der Waals surface area contributed by atoms with Crippen molar-refractivity contribution in [3.8, 4) is 73.2 Å². The van der Waals surface area contributed by atoms with E-state index in [1.165, 1.54) is 21.9 Å². The molecule has 0 fully saturated rings. The van der Waals surface area contributed by atoms with Gasteiger partial charge in [-0.25, -0.2) is 15.0 Å². The Labute approximate surface area is 357 Å². The Balaban J connectivity index is 1.07. The molecule has 290 valence electrons. The highest BCUT2D eigenvalue weighted by Gasteiger charge is 2.21. The molecule has 0 atom stereocenters. The van der Waals surface area contributed by atoms with E-state index in [4.69, 9.17) is 19.4 Å². The van der Waals surface area contributed by atoms with Crippen molar-refractivity contribution in [3.05, 3.63) is 218 Å². The van der Waals surface area contributed by atoms with Crippen molar-refractivity contribution in [3.63, 3.8) is 0 Å². The molecule has 3 aromatic heterocycles. The summed E-state index contributed by atoms with van der Waals surface area (Å²) in [6.07, 6.45) is 0. The first-order valence-corrected chi connectivity index (χ1v) is 20.8. The van der Waals surface area contributed by atoms with Gasteiger partial charge in [-0.3, -0.25) is 0 Å². The minimum atomic E-state index is 0.590. The summed E-state index contributed by atoms with van der Waals surface area (Å²) in [5.74, 6) is 1.83. The van der Waals surface area contributed by atoms with E-state index in [0.717, 1.165) is 77.6 Å². The third-order valence-electron chi connectivity index (χ3n) is 11.9. The lowest BCUT2D eigenvalue weighted by Gasteiger charge is -2.17.